The second-order valence-corrected chi connectivity index (χ2v) is 7.88. The number of rotatable bonds is 6. The third kappa shape index (κ3) is 4.86. The molecular formula is C21H26F3N3O. The molecule has 1 aromatic rings. The number of benzene rings is 1. The van der Waals surface area contributed by atoms with Crippen LogP contribution in [0.3, 0.4) is 0 Å². The Morgan fingerprint density at radius 3 is 2.64 bits per heavy atom. The van der Waals surface area contributed by atoms with Gasteiger partial charge >= 0.3 is 6.18 Å². The van der Waals surface area contributed by atoms with Crippen LogP contribution in [0.25, 0.3) is 0 Å². The lowest BCUT2D eigenvalue weighted by Crippen LogP contribution is -2.58. The van der Waals surface area contributed by atoms with E-state index in [-0.39, 0.29) is 17.5 Å². The van der Waals surface area contributed by atoms with Crippen LogP contribution in [0.4, 0.5) is 13.2 Å². The number of fused-ring (bicyclic) bond motifs is 3. The van der Waals surface area contributed by atoms with Crippen molar-refractivity contribution < 1.29 is 18.0 Å². The number of hydrogen-bond acceptors (Lipinski definition) is 3. The topological polar surface area (TPSA) is 35.6 Å². The van der Waals surface area contributed by atoms with E-state index in [0.717, 1.165) is 44.6 Å². The minimum Gasteiger partial charge on any atom is -0.350 e. The van der Waals surface area contributed by atoms with Crippen LogP contribution in [-0.2, 0) is 6.18 Å². The van der Waals surface area contributed by atoms with Crippen molar-refractivity contribution in [3.8, 4) is 12.3 Å². The molecule has 1 N–H and O–H groups in total. The first-order valence-corrected chi connectivity index (χ1v) is 9.59. The predicted molar refractivity (Wildman–Crippen MR) is 102 cm³/mol. The Kier molecular flexibility index (Phi) is 6.31. The van der Waals surface area contributed by atoms with Gasteiger partial charge in [0.25, 0.3) is 5.91 Å². The van der Waals surface area contributed by atoms with Crippen molar-refractivity contribution in [2.24, 2.45) is 11.8 Å². The molecular weight excluding hydrogens is 367 g/mol. The molecule has 0 radical (unpaired) electrons. The van der Waals surface area contributed by atoms with E-state index in [1.54, 1.807) is 0 Å². The van der Waals surface area contributed by atoms with Crippen LogP contribution in [0.15, 0.2) is 24.3 Å². The Labute approximate surface area is 164 Å². The molecule has 4 rings (SSSR count). The number of piperidine rings is 3. The zero-order valence-electron chi connectivity index (χ0n) is 16.0. The number of hydrogen-bond donors (Lipinski definition) is 1. The van der Waals surface area contributed by atoms with E-state index in [4.69, 9.17) is 6.42 Å². The number of alkyl halides is 3. The normalized spacial score (nSPS) is 26.9. The van der Waals surface area contributed by atoms with Gasteiger partial charge in [0.2, 0.25) is 0 Å². The SMILES string of the molecule is C#CCN(C)C[C@@H]1CN2CC[C@H]1C[C@@H]2CNC(=O)c1ccc(C(F)(F)F)cc1. The molecule has 0 aliphatic carbocycles. The molecule has 1 aromatic carbocycles. The van der Waals surface area contributed by atoms with Crippen molar-refractivity contribution in [3.05, 3.63) is 35.4 Å². The maximum atomic E-state index is 12.6. The third-order valence-corrected chi connectivity index (χ3v) is 5.89. The molecule has 3 saturated heterocycles. The summed E-state index contributed by atoms with van der Waals surface area (Å²) in [5.41, 5.74) is -0.502. The first-order valence-electron chi connectivity index (χ1n) is 9.59. The molecule has 1 amide bonds. The standard InChI is InChI=1S/C21H26F3N3O/c1-3-9-26(2)13-17-14-27-10-8-16(17)11-19(27)12-25-20(28)15-4-6-18(7-5-15)21(22,23)24/h1,4-7,16-17,19H,8-14H2,2H3,(H,25,28)/t16-,17+,19+/m0/s1. The van der Waals surface area contributed by atoms with Gasteiger partial charge in [-0.1, -0.05) is 5.92 Å². The van der Waals surface area contributed by atoms with Gasteiger partial charge in [-0.15, -0.1) is 6.42 Å². The van der Waals surface area contributed by atoms with Crippen molar-refractivity contribution in [1.82, 2.24) is 15.1 Å². The van der Waals surface area contributed by atoms with Crippen LogP contribution in [0.1, 0.15) is 28.8 Å². The Morgan fingerprint density at radius 2 is 2.07 bits per heavy atom. The van der Waals surface area contributed by atoms with E-state index < -0.39 is 11.7 Å². The van der Waals surface area contributed by atoms with Crippen LogP contribution in [-0.4, -0.2) is 61.5 Å². The highest BCUT2D eigenvalue weighted by molar-refractivity contribution is 5.94. The third-order valence-electron chi connectivity index (χ3n) is 5.89. The Hall–Kier alpha value is -2.04. The van der Waals surface area contributed by atoms with E-state index in [1.807, 2.05) is 7.05 Å². The summed E-state index contributed by atoms with van der Waals surface area (Å²) >= 11 is 0. The average Bonchev–Trinajstić information content (AvgIpc) is 2.66. The largest absolute Gasteiger partial charge is 0.416 e. The molecule has 4 atom stereocenters. The molecule has 3 aliphatic rings. The van der Waals surface area contributed by atoms with Gasteiger partial charge in [-0.05, 0) is 62.5 Å². The summed E-state index contributed by atoms with van der Waals surface area (Å²) in [4.78, 5) is 16.9. The summed E-state index contributed by atoms with van der Waals surface area (Å²) in [5.74, 6) is 3.56. The van der Waals surface area contributed by atoms with Gasteiger partial charge < -0.3 is 5.32 Å². The molecule has 152 valence electrons. The summed E-state index contributed by atoms with van der Waals surface area (Å²) in [6, 6.07) is 4.62. The lowest BCUT2D eigenvalue weighted by atomic mass is 9.75. The fourth-order valence-corrected chi connectivity index (χ4v) is 4.41. The van der Waals surface area contributed by atoms with Crippen LogP contribution in [0, 0.1) is 24.2 Å². The molecule has 3 aliphatic heterocycles. The second-order valence-electron chi connectivity index (χ2n) is 7.88. The fraction of sp³-hybridized carbons (Fsp3) is 0.571. The van der Waals surface area contributed by atoms with Gasteiger partial charge in [0.15, 0.2) is 0 Å². The molecule has 1 unspecified atom stereocenters. The lowest BCUT2D eigenvalue weighted by Gasteiger charge is -2.50. The molecule has 0 aromatic heterocycles. The molecule has 3 fully saturated rings. The van der Waals surface area contributed by atoms with E-state index in [0.29, 0.717) is 24.9 Å². The van der Waals surface area contributed by atoms with E-state index in [2.05, 4.69) is 21.0 Å². The molecule has 7 heteroatoms. The zero-order valence-corrected chi connectivity index (χ0v) is 16.0. The molecule has 28 heavy (non-hydrogen) atoms. The average molecular weight is 393 g/mol. The van der Waals surface area contributed by atoms with E-state index >= 15 is 0 Å². The fourth-order valence-electron chi connectivity index (χ4n) is 4.41. The van der Waals surface area contributed by atoms with E-state index in [1.165, 1.54) is 12.1 Å². The molecule has 0 saturated carbocycles. The number of nitrogens with one attached hydrogen (secondary N) is 1. The molecule has 0 spiro atoms. The highest BCUT2D eigenvalue weighted by atomic mass is 19.4. The summed E-state index contributed by atoms with van der Waals surface area (Å²) in [7, 11) is 2.04. The Balaban J connectivity index is 1.51. The lowest BCUT2D eigenvalue weighted by molar-refractivity contribution is -0.137. The van der Waals surface area contributed by atoms with Crippen LogP contribution in [0.5, 0.6) is 0 Å². The summed E-state index contributed by atoms with van der Waals surface area (Å²) in [6.45, 7) is 4.18. The smallest absolute Gasteiger partial charge is 0.350 e. The Morgan fingerprint density at radius 1 is 1.36 bits per heavy atom. The van der Waals surface area contributed by atoms with Crippen LogP contribution >= 0.6 is 0 Å². The van der Waals surface area contributed by atoms with E-state index in [9.17, 15) is 18.0 Å². The van der Waals surface area contributed by atoms with Crippen molar-refractivity contribution in [1.29, 1.82) is 0 Å². The summed E-state index contributed by atoms with van der Waals surface area (Å²) in [6.07, 6.45) is 3.18. The monoisotopic (exact) mass is 393 g/mol. The van der Waals surface area contributed by atoms with Crippen molar-refractivity contribution in [2.75, 3.05) is 39.8 Å². The zero-order chi connectivity index (χ0) is 20.3. The first kappa shape index (κ1) is 20.7. The minimum absolute atomic E-state index is 0.248. The summed E-state index contributed by atoms with van der Waals surface area (Å²) in [5, 5.41) is 2.89. The highest BCUT2D eigenvalue weighted by Gasteiger charge is 2.40. The number of nitrogens with zero attached hydrogens (tertiary/aromatic N) is 2. The van der Waals surface area contributed by atoms with Crippen molar-refractivity contribution >= 4 is 5.91 Å². The Bertz CT molecular complexity index is 726. The minimum atomic E-state index is -4.39. The van der Waals surface area contributed by atoms with Gasteiger partial charge in [0, 0.05) is 31.2 Å². The van der Waals surface area contributed by atoms with Gasteiger partial charge in [0.1, 0.15) is 0 Å². The summed E-state index contributed by atoms with van der Waals surface area (Å²) < 4.78 is 37.9. The number of halogens is 3. The number of amides is 1. The van der Waals surface area contributed by atoms with Gasteiger partial charge in [-0.3, -0.25) is 14.6 Å². The number of carbonyl (C=O) groups excluding carboxylic acids is 1. The van der Waals surface area contributed by atoms with Crippen LogP contribution in [0.2, 0.25) is 0 Å². The maximum absolute atomic E-state index is 12.6. The molecule has 2 bridgehead atoms. The first-order chi connectivity index (χ1) is 13.3. The van der Waals surface area contributed by atoms with Crippen LogP contribution < -0.4 is 5.32 Å². The second kappa shape index (κ2) is 8.54. The van der Waals surface area contributed by atoms with Crippen molar-refractivity contribution in [2.45, 2.75) is 25.1 Å². The quantitative estimate of drug-likeness (QED) is 0.755. The highest BCUT2D eigenvalue weighted by Crippen LogP contribution is 2.36. The van der Waals surface area contributed by atoms with Gasteiger partial charge in [-0.2, -0.15) is 13.2 Å². The maximum Gasteiger partial charge on any atom is 0.416 e. The predicted octanol–water partition coefficient (Wildman–Crippen LogP) is 2.71. The molecule has 3 heterocycles. The van der Waals surface area contributed by atoms with Gasteiger partial charge in [0.05, 0.1) is 12.1 Å². The van der Waals surface area contributed by atoms with Gasteiger partial charge in [-0.25, -0.2) is 0 Å². The number of terminal acetylenes is 1. The molecule has 4 nitrogen and oxygen atoms in total. The van der Waals surface area contributed by atoms with Crippen molar-refractivity contribution in [3.63, 3.8) is 0 Å². The number of carbonyl (C=O) groups is 1.